The molecule has 0 N–H and O–H groups in total. The van der Waals surface area contributed by atoms with Crippen molar-refractivity contribution in [1.29, 1.82) is 0 Å². The first-order valence-corrected chi connectivity index (χ1v) is 6.82. The molecule has 5 nitrogen and oxygen atoms in total. The molecule has 0 bridgehead atoms. The normalized spacial score (nSPS) is 13.2. The van der Waals surface area contributed by atoms with Gasteiger partial charge in [0, 0.05) is 32.0 Å². The average Bonchev–Trinajstić information content (AvgIpc) is 2.89. The van der Waals surface area contributed by atoms with Gasteiger partial charge in [-0.05, 0) is 18.2 Å². The minimum Gasteiger partial charge on any atom is -0.496 e. The number of esters is 1. The first kappa shape index (κ1) is 13.5. The Bertz CT molecular complexity index is 691. The summed E-state index contributed by atoms with van der Waals surface area (Å²) >= 11 is 0. The van der Waals surface area contributed by atoms with Crippen molar-refractivity contribution in [2.75, 3.05) is 32.7 Å². The van der Waals surface area contributed by atoms with Crippen LogP contribution in [0.25, 0.3) is 11.3 Å². The lowest BCUT2D eigenvalue weighted by Crippen LogP contribution is -2.20. The molecule has 1 aliphatic rings. The highest BCUT2D eigenvalue weighted by Gasteiger charge is 2.23. The Labute approximate surface area is 123 Å². The van der Waals surface area contributed by atoms with Gasteiger partial charge in [-0.1, -0.05) is 6.07 Å². The molecule has 1 aromatic heterocycles. The number of fused-ring (bicyclic) bond motifs is 3. The number of hydrogen-bond donors (Lipinski definition) is 0. The van der Waals surface area contributed by atoms with E-state index in [0.717, 1.165) is 35.8 Å². The van der Waals surface area contributed by atoms with Crippen molar-refractivity contribution < 1.29 is 14.3 Å². The molecule has 1 aliphatic heterocycles. The number of benzene rings is 1. The van der Waals surface area contributed by atoms with Gasteiger partial charge >= 0.3 is 5.97 Å². The zero-order valence-corrected chi connectivity index (χ0v) is 12.4. The maximum absolute atomic E-state index is 11.8. The van der Waals surface area contributed by atoms with E-state index in [1.54, 1.807) is 7.11 Å². The fourth-order valence-corrected chi connectivity index (χ4v) is 2.78. The van der Waals surface area contributed by atoms with Crippen molar-refractivity contribution in [3.63, 3.8) is 0 Å². The number of nitrogens with zero attached hydrogens (tertiary/aromatic N) is 2. The third-order valence-corrected chi connectivity index (χ3v) is 3.89. The highest BCUT2D eigenvalue weighted by molar-refractivity contribution is 5.93. The molecule has 3 rings (SSSR count). The van der Waals surface area contributed by atoms with Crippen LogP contribution in [0.3, 0.4) is 0 Å². The third-order valence-electron chi connectivity index (χ3n) is 3.89. The molecule has 1 aromatic carbocycles. The predicted octanol–water partition coefficient (Wildman–Crippen LogP) is 2.40. The quantitative estimate of drug-likeness (QED) is 0.795. The molecule has 0 amide bonds. The van der Waals surface area contributed by atoms with Crippen LogP contribution >= 0.6 is 0 Å². The number of rotatable bonds is 2. The number of ether oxygens (including phenoxy) is 2. The Morgan fingerprint density at radius 2 is 2.05 bits per heavy atom. The van der Waals surface area contributed by atoms with Crippen molar-refractivity contribution in [3.05, 3.63) is 36.0 Å². The van der Waals surface area contributed by atoms with Gasteiger partial charge in [0.25, 0.3) is 0 Å². The SMILES string of the molecule is COC(=O)c1cc2n(c1)CCN(C)c1cccc(OC)c1-2. The summed E-state index contributed by atoms with van der Waals surface area (Å²) in [6.07, 6.45) is 1.84. The van der Waals surface area contributed by atoms with Gasteiger partial charge in [0.2, 0.25) is 0 Å². The second-order valence-corrected chi connectivity index (χ2v) is 5.07. The topological polar surface area (TPSA) is 43.7 Å². The number of methoxy groups -OCH3 is 2. The number of anilines is 1. The molecule has 2 heterocycles. The maximum atomic E-state index is 11.8. The minimum atomic E-state index is -0.319. The molecule has 0 radical (unpaired) electrons. The van der Waals surface area contributed by atoms with E-state index in [9.17, 15) is 4.79 Å². The minimum absolute atomic E-state index is 0.319. The monoisotopic (exact) mass is 286 g/mol. The molecule has 21 heavy (non-hydrogen) atoms. The second kappa shape index (κ2) is 5.16. The number of hydrogen-bond acceptors (Lipinski definition) is 4. The lowest BCUT2D eigenvalue weighted by Gasteiger charge is -2.20. The number of aromatic nitrogens is 1. The molecule has 0 atom stereocenters. The van der Waals surface area contributed by atoms with Gasteiger partial charge in [-0.3, -0.25) is 0 Å². The summed E-state index contributed by atoms with van der Waals surface area (Å²) in [5.41, 5.74) is 3.65. The van der Waals surface area contributed by atoms with Crippen molar-refractivity contribution in [2.45, 2.75) is 6.54 Å². The molecule has 0 spiro atoms. The van der Waals surface area contributed by atoms with Crippen LogP contribution < -0.4 is 9.64 Å². The molecule has 0 saturated heterocycles. The largest absolute Gasteiger partial charge is 0.496 e. The zero-order chi connectivity index (χ0) is 15.0. The molecule has 5 heteroatoms. The smallest absolute Gasteiger partial charge is 0.339 e. The molecular formula is C16H18N2O3. The van der Waals surface area contributed by atoms with E-state index in [4.69, 9.17) is 9.47 Å². The molecule has 0 unspecified atom stereocenters. The van der Waals surface area contributed by atoms with Crippen LogP contribution in [0, 0.1) is 0 Å². The maximum Gasteiger partial charge on any atom is 0.339 e. The molecule has 2 aromatic rings. The first-order valence-electron chi connectivity index (χ1n) is 6.82. The van der Waals surface area contributed by atoms with Gasteiger partial charge in [-0.15, -0.1) is 0 Å². The van der Waals surface area contributed by atoms with Crippen LogP contribution in [0.2, 0.25) is 0 Å². The van der Waals surface area contributed by atoms with Gasteiger partial charge in [0.05, 0.1) is 31.0 Å². The Hall–Kier alpha value is -2.43. The summed E-state index contributed by atoms with van der Waals surface area (Å²) in [5.74, 6) is 0.484. The van der Waals surface area contributed by atoms with Crippen molar-refractivity contribution in [3.8, 4) is 17.0 Å². The summed E-state index contributed by atoms with van der Waals surface area (Å²) in [6, 6.07) is 7.85. The van der Waals surface area contributed by atoms with Crippen molar-refractivity contribution in [1.82, 2.24) is 4.57 Å². The van der Waals surface area contributed by atoms with Gasteiger partial charge < -0.3 is 18.9 Å². The zero-order valence-electron chi connectivity index (χ0n) is 12.4. The van der Waals surface area contributed by atoms with E-state index < -0.39 is 0 Å². The molecular weight excluding hydrogens is 268 g/mol. The molecule has 0 aliphatic carbocycles. The Balaban J connectivity index is 2.23. The van der Waals surface area contributed by atoms with Crippen molar-refractivity contribution in [2.24, 2.45) is 0 Å². The van der Waals surface area contributed by atoms with E-state index in [-0.39, 0.29) is 5.97 Å². The number of likely N-dealkylation sites (N-methyl/N-ethyl adjacent to an activating group) is 1. The van der Waals surface area contributed by atoms with E-state index >= 15 is 0 Å². The van der Waals surface area contributed by atoms with E-state index in [1.165, 1.54) is 7.11 Å². The van der Waals surface area contributed by atoms with E-state index in [2.05, 4.69) is 22.6 Å². The van der Waals surface area contributed by atoms with Crippen LogP contribution in [0.4, 0.5) is 5.69 Å². The van der Waals surface area contributed by atoms with Crippen molar-refractivity contribution >= 4 is 11.7 Å². The van der Waals surface area contributed by atoms with Gasteiger partial charge in [-0.2, -0.15) is 0 Å². The standard InChI is InChI=1S/C16H18N2O3/c1-17-7-8-18-10-11(16(19)21-3)9-13(18)15-12(17)5-4-6-14(15)20-2/h4-6,9-10H,7-8H2,1-3H3. The Kier molecular flexibility index (Phi) is 3.33. The summed E-state index contributed by atoms with van der Waals surface area (Å²) in [4.78, 5) is 14.0. The van der Waals surface area contributed by atoms with Gasteiger partial charge in [0.1, 0.15) is 5.75 Å². The molecule has 0 saturated carbocycles. The fraction of sp³-hybridized carbons (Fsp3) is 0.312. The number of carbonyl (C=O) groups is 1. The summed E-state index contributed by atoms with van der Waals surface area (Å²) in [6.45, 7) is 1.67. The predicted molar refractivity (Wildman–Crippen MR) is 81.0 cm³/mol. The van der Waals surface area contributed by atoms with Crippen LogP contribution in [0.15, 0.2) is 30.5 Å². The lowest BCUT2D eigenvalue weighted by atomic mass is 10.1. The molecule has 110 valence electrons. The highest BCUT2D eigenvalue weighted by Crippen LogP contribution is 2.40. The first-order chi connectivity index (χ1) is 10.2. The van der Waals surface area contributed by atoms with Crippen LogP contribution in [-0.2, 0) is 11.3 Å². The van der Waals surface area contributed by atoms with Crippen LogP contribution in [-0.4, -0.2) is 38.3 Å². The summed E-state index contributed by atoms with van der Waals surface area (Å²) in [5, 5.41) is 0. The average molecular weight is 286 g/mol. The number of carbonyl (C=O) groups excluding carboxylic acids is 1. The Morgan fingerprint density at radius 3 is 2.76 bits per heavy atom. The van der Waals surface area contributed by atoms with Crippen LogP contribution in [0.1, 0.15) is 10.4 Å². The van der Waals surface area contributed by atoms with E-state index in [1.807, 2.05) is 24.4 Å². The Morgan fingerprint density at radius 1 is 1.24 bits per heavy atom. The van der Waals surface area contributed by atoms with Gasteiger partial charge in [-0.25, -0.2) is 4.79 Å². The molecule has 0 fully saturated rings. The van der Waals surface area contributed by atoms with Crippen LogP contribution in [0.5, 0.6) is 5.75 Å². The summed E-state index contributed by atoms with van der Waals surface area (Å²) in [7, 11) is 5.12. The second-order valence-electron chi connectivity index (χ2n) is 5.07. The summed E-state index contributed by atoms with van der Waals surface area (Å²) < 4.78 is 12.4. The third kappa shape index (κ3) is 2.14. The van der Waals surface area contributed by atoms with Gasteiger partial charge in [0.15, 0.2) is 0 Å². The van der Waals surface area contributed by atoms with E-state index in [0.29, 0.717) is 5.56 Å². The highest BCUT2D eigenvalue weighted by atomic mass is 16.5. The lowest BCUT2D eigenvalue weighted by molar-refractivity contribution is 0.0600. The fourth-order valence-electron chi connectivity index (χ4n) is 2.78.